The SMILES string of the molecule is C=CCOc1cccc([C@@H]2c3c(oc4ccccc4c3=O)C(=O)N2CC[NH+](CC)CC)c1. The number of carbonyl (C=O) groups excluding carboxylic acids is 1. The molecule has 1 N–H and O–H groups in total. The van der Waals surface area contributed by atoms with Gasteiger partial charge in [0.1, 0.15) is 17.9 Å². The lowest BCUT2D eigenvalue weighted by molar-refractivity contribution is -0.895. The third kappa shape index (κ3) is 3.94. The van der Waals surface area contributed by atoms with Crippen molar-refractivity contribution >= 4 is 16.9 Å². The Morgan fingerprint density at radius 3 is 2.66 bits per heavy atom. The van der Waals surface area contributed by atoms with Gasteiger partial charge in [-0.1, -0.05) is 36.9 Å². The molecule has 0 bridgehead atoms. The Kier molecular flexibility index (Phi) is 6.42. The fraction of sp³-hybridized carbons (Fsp3) is 0.308. The molecule has 0 saturated heterocycles. The predicted octanol–water partition coefficient (Wildman–Crippen LogP) is 2.83. The Balaban J connectivity index is 1.83. The van der Waals surface area contributed by atoms with Crippen molar-refractivity contribution in [2.45, 2.75) is 19.9 Å². The first kappa shape index (κ1) is 21.8. The van der Waals surface area contributed by atoms with Gasteiger partial charge in [0.25, 0.3) is 5.91 Å². The van der Waals surface area contributed by atoms with Gasteiger partial charge in [-0.05, 0) is 43.7 Å². The van der Waals surface area contributed by atoms with Crippen molar-refractivity contribution in [3.63, 3.8) is 0 Å². The number of para-hydroxylation sites is 1. The van der Waals surface area contributed by atoms with Gasteiger partial charge in [0.2, 0.25) is 5.76 Å². The van der Waals surface area contributed by atoms with Crippen LogP contribution in [0.2, 0.25) is 0 Å². The molecule has 4 rings (SSSR count). The number of likely N-dealkylation sites (N-methyl/N-ethyl adjacent to an activating group) is 1. The van der Waals surface area contributed by atoms with Crippen LogP contribution in [0.3, 0.4) is 0 Å². The van der Waals surface area contributed by atoms with Crippen LogP contribution in [0.15, 0.2) is 70.4 Å². The van der Waals surface area contributed by atoms with Crippen molar-refractivity contribution < 1.29 is 18.8 Å². The number of quaternary nitrogens is 1. The number of nitrogens with zero attached hydrogens (tertiary/aromatic N) is 1. The van der Waals surface area contributed by atoms with E-state index in [1.165, 1.54) is 4.90 Å². The second-order valence-corrected chi connectivity index (χ2v) is 7.95. The molecule has 2 aromatic carbocycles. The first-order chi connectivity index (χ1) is 15.6. The van der Waals surface area contributed by atoms with Gasteiger partial charge in [-0.3, -0.25) is 9.59 Å². The molecule has 1 aromatic heterocycles. The lowest BCUT2D eigenvalue weighted by Gasteiger charge is -2.27. The molecule has 1 atom stereocenters. The van der Waals surface area contributed by atoms with Crippen LogP contribution >= 0.6 is 0 Å². The van der Waals surface area contributed by atoms with Gasteiger partial charge in [0.05, 0.1) is 43.2 Å². The number of nitrogens with one attached hydrogen (secondary N) is 1. The molecule has 2 heterocycles. The number of rotatable bonds is 9. The van der Waals surface area contributed by atoms with Crippen molar-refractivity contribution in [2.24, 2.45) is 0 Å². The monoisotopic (exact) mass is 433 g/mol. The number of carbonyl (C=O) groups is 1. The summed E-state index contributed by atoms with van der Waals surface area (Å²) >= 11 is 0. The Bertz CT molecular complexity index is 1200. The van der Waals surface area contributed by atoms with E-state index in [1.807, 2.05) is 30.3 Å². The fourth-order valence-corrected chi connectivity index (χ4v) is 4.36. The van der Waals surface area contributed by atoms with E-state index in [4.69, 9.17) is 9.15 Å². The maximum Gasteiger partial charge on any atom is 0.291 e. The van der Waals surface area contributed by atoms with Gasteiger partial charge in [-0.25, -0.2) is 0 Å². The Morgan fingerprint density at radius 2 is 1.91 bits per heavy atom. The Labute approximate surface area is 187 Å². The molecule has 1 aliphatic rings. The zero-order chi connectivity index (χ0) is 22.7. The topological polar surface area (TPSA) is 64.2 Å². The van der Waals surface area contributed by atoms with Gasteiger partial charge in [0, 0.05) is 0 Å². The average Bonchev–Trinajstić information content (AvgIpc) is 3.10. The molecule has 1 aliphatic heterocycles. The minimum Gasteiger partial charge on any atom is -0.490 e. The highest BCUT2D eigenvalue weighted by atomic mass is 16.5. The summed E-state index contributed by atoms with van der Waals surface area (Å²) in [5.74, 6) is 0.574. The van der Waals surface area contributed by atoms with Crippen LogP contribution in [0.5, 0.6) is 5.75 Å². The van der Waals surface area contributed by atoms with Crippen LogP contribution in [-0.2, 0) is 0 Å². The lowest BCUT2D eigenvalue weighted by atomic mass is 9.98. The molecule has 0 fully saturated rings. The van der Waals surface area contributed by atoms with Crippen LogP contribution in [-0.4, -0.2) is 43.6 Å². The first-order valence-electron chi connectivity index (χ1n) is 11.1. The Morgan fingerprint density at radius 1 is 1.12 bits per heavy atom. The molecule has 6 nitrogen and oxygen atoms in total. The average molecular weight is 434 g/mol. The van der Waals surface area contributed by atoms with Gasteiger partial charge < -0.3 is 19.0 Å². The number of fused-ring (bicyclic) bond motifs is 2. The molecule has 0 aliphatic carbocycles. The number of ether oxygens (including phenoxy) is 1. The summed E-state index contributed by atoms with van der Waals surface area (Å²) in [6.45, 7) is 11.6. The van der Waals surface area contributed by atoms with E-state index in [9.17, 15) is 9.59 Å². The highest BCUT2D eigenvalue weighted by Gasteiger charge is 2.43. The second kappa shape index (κ2) is 9.40. The van der Waals surface area contributed by atoms with Crippen molar-refractivity contribution in [2.75, 3.05) is 32.8 Å². The van der Waals surface area contributed by atoms with Crippen molar-refractivity contribution in [1.29, 1.82) is 0 Å². The molecular formula is C26H29N2O4+. The largest absolute Gasteiger partial charge is 0.490 e. The van der Waals surface area contributed by atoms with E-state index in [0.717, 1.165) is 25.2 Å². The standard InChI is InChI=1S/C26H28N2O4/c1-4-16-31-19-11-9-10-18(17-19)23-22-24(29)20-12-7-8-13-21(20)32-25(22)26(30)28(23)15-14-27(5-2)6-3/h4,7-13,17,23H,1,5-6,14-16H2,2-3H3/p+1/t23-/m1/s1. The minimum absolute atomic E-state index is 0.144. The third-order valence-electron chi connectivity index (χ3n) is 6.12. The normalized spacial score (nSPS) is 15.4. The molecule has 6 heteroatoms. The highest BCUT2D eigenvalue weighted by Crippen LogP contribution is 2.38. The van der Waals surface area contributed by atoms with Crippen LogP contribution < -0.4 is 15.1 Å². The molecule has 3 aromatic rings. The van der Waals surface area contributed by atoms with Crippen molar-refractivity contribution in [3.8, 4) is 5.75 Å². The van der Waals surface area contributed by atoms with Gasteiger partial charge >= 0.3 is 0 Å². The number of amides is 1. The van der Waals surface area contributed by atoms with Gasteiger partial charge in [-0.15, -0.1) is 0 Å². The zero-order valence-corrected chi connectivity index (χ0v) is 18.6. The van der Waals surface area contributed by atoms with Crippen LogP contribution in [0, 0.1) is 0 Å². The van der Waals surface area contributed by atoms with Gasteiger partial charge in [0.15, 0.2) is 5.43 Å². The fourth-order valence-electron chi connectivity index (χ4n) is 4.36. The third-order valence-corrected chi connectivity index (χ3v) is 6.12. The number of hydrogen-bond donors (Lipinski definition) is 1. The minimum atomic E-state index is -0.513. The molecule has 0 unspecified atom stereocenters. The molecule has 0 saturated carbocycles. The summed E-state index contributed by atoms with van der Waals surface area (Å²) < 4.78 is 11.7. The van der Waals surface area contributed by atoms with E-state index in [0.29, 0.717) is 35.4 Å². The molecule has 32 heavy (non-hydrogen) atoms. The second-order valence-electron chi connectivity index (χ2n) is 7.95. The highest BCUT2D eigenvalue weighted by molar-refractivity contribution is 5.99. The summed E-state index contributed by atoms with van der Waals surface area (Å²) in [6.07, 6.45) is 1.68. The number of hydrogen-bond acceptors (Lipinski definition) is 4. The van der Waals surface area contributed by atoms with E-state index in [1.54, 1.807) is 29.2 Å². The molecular weight excluding hydrogens is 404 g/mol. The first-order valence-corrected chi connectivity index (χ1v) is 11.1. The van der Waals surface area contributed by atoms with E-state index >= 15 is 0 Å². The predicted molar refractivity (Wildman–Crippen MR) is 124 cm³/mol. The number of benzene rings is 2. The van der Waals surface area contributed by atoms with Crippen LogP contribution in [0.25, 0.3) is 11.0 Å². The summed E-state index contributed by atoms with van der Waals surface area (Å²) in [4.78, 5) is 30.1. The molecule has 0 radical (unpaired) electrons. The lowest BCUT2D eigenvalue weighted by Crippen LogP contribution is -3.12. The smallest absolute Gasteiger partial charge is 0.291 e. The molecule has 166 valence electrons. The maximum absolute atomic E-state index is 13.5. The van der Waals surface area contributed by atoms with E-state index < -0.39 is 6.04 Å². The van der Waals surface area contributed by atoms with Gasteiger partial charge in [-0.2, -0.15) is 0 Å². The quantitative estimate of drug-likeness (QED) is 0.527. The summed E-state index contributed by atoms with van der Waals surface area (Å²) in [7, 11) is 0. The van der Waals surface area contributed by atoms with E-state index in [2.05, 4.69) is 20.4 Å². The molecule has 0 spiro atoms. The maximum atomic E-state index is 13.5. The van der Waals surface area contributed by atoms with Crippen LogP contribution in [0.1, 0.15) is 41.6 Å². The van der Waals surface area contributed by atoms with Crippen molar-refractivity contribution in [1.82, 2.24) is 4.90 Å². The summed E-state index contributed by atoms with van der Waals surface area (Å²) in [5.41, 5.74) is 1.51. The zero-order valence-electron chi connectivity index (χ0n) is 18.6. The van der Waals surface area contributed by atoms with Crippen molar-refractivity contribution in [3.05, 3.63) is 88.3 Å². The van der Waals surface area contributed by atoms with E-state index in [-0.39, 0.29) is 17.1 Å². The summed E-state index contributed by atoms with van der Waals surface area (Å²) in [6, 6.07) is 14.1. The molecule has 1 amide bonds. The van der Waals surface area contributed by atoms with Crippen LogP contribution in [0.4, 0.5) is 0 Å². The Hall–Kier alpha value is -3.38. The summed E-state index contributed by atoms with van der Waals surface area (Å²) in [5, 5.41) is 0.485.